The molecule has 1 saturated heterocycles. The minimum Gasteiger partial charge on any atom is -0.481 e. The summed E-state index contributed by atoms with van der Waals surface area (Å²) in [5, 5.41) is 8.88. The largest absolute Gasteiger partial charge is 0.481 e. The second-order valence-corrected chi connectivity index (χ2v) is 4.99. The smallest absolute Gasteiger partial charge is 0.306 e. The maximum Gasteiger partial charge on any atom is 0.306 e. The standard InChI is InChI=1S/C12H19NO4/c1-13-7-6-10(11(13)14)17-9-4-2-8(3-5-9)12(15)16/h8-10H,2-7H2,1H3,(H,15,16). The SMILES string of the molecule is CN1CCC(OC2CCC(C(=O)O)CC2)C1=O. The number of likely N-dealkylation sites (N-methyl/N-ethyl adjacent to an activating group) is 1. The summed E-state index contributed by atoms with van der Waals surface area (Å²) in [6.45, 7) is 0.758. The topological polar surface area (TPSA) is 66.8 Å². The third-order valence-corrected chi connectivity index (χ3v) is 3.76. The van der Waals surface area contributed by atoms with Gasteiger partial charge in [0.05, 0.1) is 12.0 Å². The van der Waals surface area contributed by atoms with Crippen molar-refractivity contribution in [2.75, 3.05) is 13.6 Å². The molecule has 0 aromatic heterocycles. The van der Waals surface area contributed by atoms with Crippen molar-refractivity contribution in [1.29, 1.82) is 0 Å². The Bertz CT molecular complexity index is 310. The molecule has 1 N–H and O–H groups in total. The molecule has 2 rings (SSSR count). The predicted octanol–water partition coefficient (Wildman–Crippen LogP) is 0.877. The van der Waals surface area contributed by atoms with Gasteiger partial charge in [0.25, 0.3) is 5.91 Å². The number of carbonyl (C=O) groups excluding carboxylic acids is 1. The number of nitrogens with zero attached hydrogens (tertiary/aromatic N) is 1. The van der Waals surface area contributed by atoms with E-state index in [0.717, 1.165) is 25.8 Å². The van der Waals surface area contributed by atoms with Crippen molar-refractivity contribution in [1.82, 2.24) is 4.90 Å². The van der Waals surface area contributed by atoms with Gasteiger partial charge in [0.2, 0.25) is 0 Å². The number of carboxylic acid groups (broad SMARTS) is 1. The molecular formula is C12H19NO4. The van der Waals surface area contributed by atoms with Crippen LogP contribution in [0.4, 0.5) is 0 Å². The van der Waals surface area contributed by atoms with E-state index in [0.29, 0.717) is 12.8 Å². The summed E-state index contributed by atoms with van der Waals surface area (Å²) in [6, 6.07) is 0. The fraction of sp³-hybridized carbons (Fsp3) is 0.833. The fourth-order valence-electron chi connectivity index (χ4n) is 2.59. The number of ether oxygens (including phenoxy) is 1. The highest BCUT2D eigenvalue weighted by Crippen LogP contribution is 2.28. The lowest BCUT2D eigenvalue weighted by Crippen LogP contribution is -2.33. The molecule has 2 aliphatic rings. The lowest BCUT2D eigenvalue weighted by atomic mass is 9.87. The van der Waals surface area contributed by atoms with Crippen LogP contribution in [0.2, 0.25) is 0 Å². The average Bonchev–Trinajstić information content (AvgIpc) is 2.62. The van der Waals surface area contributed by atoms with E-state index in [2.05, 4.69) is 0 Å². The zero-order chi connectivity index (χ0) is 12.4. The van der Waals surface area contributed by atoms with Crippen molar-refractivity contribution in [2.45, 2.75) is 44.3 Å². The van der Waals surface area contributed by atoms with Gasteiger partial charge in [-0.3, -0.25) is 9.59 Å². The molecule has 5 heteroatoms. The maximum absolute atomic E-state index is 11.7. The van der Waals surface area contributed by atoms with Crippen LogP contribution in [0, 0.1) is 5.92 Å². The monoisotopic (exact) mass is 241 g/mol. The number of carboxylic acids is 1. The Balaban J connectivity index is 1.79. The number of hydrogen-bond acceptors (Lipinski definition) is 3. The first kappa shape index (κ1) is 12.4. The molecule has 1 atom stereocenters. The van der Waals surface area contributed by atoms with E-state index < -0.39 is 5.97 Å². The zero-order valence-electron chi connectivity index (χ0n) is 10.1. The van der Waals surface area contributed by atoms with Crippen molar-refractivity contribution < 1.29 is 19.4 Å². The van der Waals surface area contributed by atoms with Gasteiger partial charge >= 0.3 is 5.97 Å². The molecule has 0 radical (unpaired) electrons. The zero-order valence-corrected chi connectivity index (χ0v) is 10.1. The summed E-state index contributed by atoms with van der Waals surface area (Å²) in [7, 11) is 1.78. The van der Waals surface area contributed by atoms with Crippen LogP contribution in [0.15, 0.2) is 0 Å². The second-order valence-electron chi connectivity index (χ2n) is 4.99. The van der Waals surface area contributed by atoms with Crippen LogP contribution in [0.25, 0.3) is 0 Å². The van der Waals surface area contributed by atoms with E-state index >= 15 is 0 Å². The predicted molar refractivity (Wildman–Crippen MR) is 60.5 cm³/mol. The normalized spacial score (nSPS) is 34.1. The molecule has 1 amide bonds. The van der Waals surface area contributed by atoms with E-state index in [9.17, 15) is 9.59 Å². The minimum atomic E-state index is -0.708. The Morgan fingerprint density at radius 1 is 1.29 bits per heavy atom. The molecule has 1 aliphatic heterocycles. The van der Waals surface area contributed by atoms with Gasteiger partial charge in [-0.2, -0.15) is 0 Å². The fourth-order valence-corrected chi connectivity index (χ4v) is 2.59. The average molecular weight is 241 g/mol. The van der Waals surface area contributed by atoms with E-state index in [-0.39, 0.29) is 24.0 Å². The highest BCUT2D eigenvalue weighted by Gasteiger charge is 2.34. The van der Waals surface area contributed by atoms with E-state index in [1.165, 1.54) is 0 Å². The van der Waals surface area contributed by atoms with Gasteiger partial charge in [-0.05, 0) is 25.7 Å². The van der Waals surface area contributed by atoms with Crippen LogP contribution in [-0.2, 0) is 14.3 Å². The summed E-state index contributed by atoms with van der Waals surface area (Å²) >= 11 is 0. The van der Waals surface area contributed by atoms with Gasteiger partial charge in [-0.15, -0.1) is 0 Å². The van der Waals surface area contributed by atoms with Crippen LogP contribution < -0.4 is 0 Å². The molecule has 2 fully saturated rings. The summed E-state index contributed by atoms with van der Waals surface area (Å²) in [4.78, 5) is 24.1. The summed E-state index contributed by atoms with van der Waals surface area (Å²) in [5.74, 6) is -0.873. The first-order valence-corrected chi connectivity index (χ1v) is 6.21. The molecule has 1 heterocycles. The number of carbonyl (C=O) groups is 2. The van der Waals surface area contributed by atoms with Crippen LogP contribution in [0.5, 0.6) is 0 Å². The molecule has 1 aliphatic carbocycles. The Kier molecular flexibility index (Phi) is 3.66. The third-order valence-electron chi connectivity index (χ3n) is 3.76. The third kappa shape index (κ3) is 2.77. The Morgan fingerprint density at radius 3 is 2.41 bits per heavy atom. The molecule has 1 saturated carbocycles. The van der Waals surface area contributed by atoms with Gasteiger partial charge in [-0.1, -0.05) is 0 Å². The van der Waals surface area contributed by atoms with Crippen LogP contribution in [0.1, 0.15) is 32.1 Å². The number of aliphatic carboxylic acids is 1. The van der Waals surface area contributed by atoms with Crippen molar-refractivity contribution >= 4 is 11.9 Å². The van der Waals surface area contributed by atoms with Crippen LogP contribution in [-0.4, -0.2) is 47.7 Å². The van der Waals surface area contributed by atoms with Crippen molar-refractivity contribution in [3.63, 3.8) is 0 Å². The van der Waals surface area contributed by atoms with Crippen LogP contribution in [0.3, 0.4) is 0 Å². The van der Waals surface area contributed by atoms with Crippen molar-refractivity contribution in [3.8, 4) is 0 Å². The summed E-state index contributed by atoms with van der Waals surface area (Å²) in [5.41, 5.74) is 0. The molecule has 96 valence electrons. The summed E-state index contributed by atoms with van der Waals surface area (Å²) in [6.07, 6.45) is 3.36. The van der Waals surface area contributed by atoms with E-state index in [1.54, 1.807) is 11.9 Å². The van der Waals surface area contributed by atoms with Crippen LogP contribution >= 0.6 is 0 Å². The number of rotatable bonds is 3. The lowest BCUT2D eigenvalue weighted by Gasteiger charge is -2.28. The Morgan fingerprint density at radius 2 is 1.94 bits per heavy atom. The molecule has 17 heavy (non-hydrogen) atoms. The van der Waals surface area contributed by atoms with Crippen molar-refractivity contribution in [3.05, 3.63) is 0 Å². The second kappa shape index (κ2) is 5.04. The first-order chi connectivity index (χ1) is 8.08. The highest BCUT2D eigenvalue weighted by atomic mass is 16.5. The summed E-state index contributed by atoms with van der Waals surface area (Å²) < 4.78 is 5.78. The number of hydrogen-bond donors (Lipinski definition) is 1. The maximum atomic E-state index is 11.7. The molecule has 1 unspecified atom stereocenters. The molecule has 0 aromatic rings. The molecular weight excluding hydrogens is 222 g/mol. The van der Waals surface area contributed by atoms with Crippen molar-refractivity contribution in [2.24, 2.45) is 5.92 Å². The van der Waals surface area contributed by atoms with Gasteiger partial charge in [0, 0.05) is 20.0 Å². The minimum absolute atomic E-state index is 0.0605. The Hall–Kier alpha value is -1.10. The number of likely N-dealkylation sites (tertiary alicyclic amines) is 1. The number of amides is 1. The molecule has 0 spiro atoms. The highest BCUT2D eigenvalue weighted by molar-refractivity contribution is 5.82. The van der Waals surface area contributed by atoms with E-state index in [1.807, 2.05) is 0 Å². The van der Waals surface area contributed by atoms with Gasteiger partial charge in [0.15, 0.2) is 0 Å². The van der Waals surface area contributed by atoms with Gasteiger partial charge in [0.1, 0.15) is 6.10 Å². The Labute approximate surface area is 101 Å². The lowest BCUT2D eigenvalue weighted by molar-refractivity contribution is -0.147. The van der Waals surface area contributed by atoms with Gasteiger partial charge < -0.3 is 14.7 Å². The molecule has 5 nitrogen and oxygen atoms in total. The quantitative estimate of drug-likeness (QED) is 0.796. The molecule has 0 bridgehead atoms. The van der Waals surface area contributed by atoms with Gasteiger partial charge in [-0.25, -0.2) is 0 Å². The van der Waals surface area contributed by atoms with E-state index in [4.69, 9.17) is 9.84 Å². The molecule has 0 aromatic carbocycles. The first-order valence-electron chi connectivity index (χ1n) is 6.21.